The van der Waals surface area contributed by atoms with Crippen LogP contribution in [-0.4, -0.2) is 11.2 Å². The van der Waals surface area contributed by atoms with E-state index in [0.29, 0.717) is 16.5 Å². The topological polar surface area (TPSA) is 46.2 Å². The smallest absolute Gasteiger partial charge is 0.124 e. The summed E-state index contributed by atoms with van der Waals surface area (Å²) in [6, 6.07) is 3.95. The van der Waals surface area contributed by atoms with Gasteiger partial charge in [-0.3, -0.25) is 0 Å². The fraction of sp³-hybridized carbons (Fsp3) is 0.500. The average Bonchev–Trinajstić information content (AvgIpc) is 2.23. The molecule has 2 nitrogen and oxygen atoms in total. The fourth-order valence-electron chi connectivity index (χ4n) is 1.58. The maximum absolute atomic E-state index is 13.1. The molecule has 0 saturated carbocycles. The highest BCUT2D eigenvalue weighted by atomic mass is 79.9. The SMILES string of the molecule is CCCC[C@H](O)[C@H](N)c1cc(F)cc(Br)c1.Cl. The molecule has 0 bridgehead atoms. The van der Waals surface area contributed by atoms with Gasteiger partial charge in [0, 0.05) is 4.47 Å². The van der Waals surface area contributed by atoms with E-state index < -0.39 is 12.1 Å². The van der Waals surface area contributed by atoms with Gasteiger partial charge in [-0.25, -0.2) is 4.39 Å². The normalized spacial score (nSPS) is 13.9. The van der Waals surface area contributed by atoms with E-state index in [1.165, 1.54) is 12.1 Å². The summed E-state index contributed by atoms with van der Waals surface area (Å²) in [5.74, 6) is -0.345. The highest BCUT2D eigenvalue weighted by Gasteiger charge is 2.17. The molecule has 0 radical (unpaired) electrons. The molecule has 17 heavy (non-hydrogen) atoms. The Bertz CT molecular complexity index is 331. The van der Waals surface area contributed by atoms with Crippen LogP contribution in [0.15, 0.2) is 22.7 Å². The second kappa shape index (κ2) is 8.03. The van der Waals surface area contributed by atoms with Crippen LogP contribution in [0.3, 0.4) is 0 Å². The second-order valence-corrected chi connectivity index (χ2v) is 4.85. The van der Waals surface area contributed by atoms with Crippen LogP contribution in [0.4, 0.5) is 4.39 Å². The van der Waals surface area contributed by atoms with Crippen LogP contribution in [0.1, 0.15) is 37.8 Å². The number of benzene rings is 1. The van der Waals surface area contributed by atoms with Crippen molar-refractivity contribution < 1.29 is 9.50 Å². The maximum Gasteiger partial charge on any atom is 0.124 e. The molecule has 1 aromatic rings. The summed E-state index contributed by atoms with van der Waals surface area (Å²) in [6.07, 6.45) is 1.96. The first-order valence-corrected chi connectivity index (χ1v) is 6.23. The number of nitrogens with two attached hydrogens (primary N) is 1. The predicted molar refractivity (Wildman–Crippen MR) is 73.8 cm³/mol. The zero-order valence-corrected chi connectivity index (χ0v) is 12.1. The first-order valence-electron chi connectivity index (χ1n) is 5.44. The van der Waals surface area contributed by atoms with Crippen molar-refractivity contribution >= 4 is 28.3 Å². The Morgan fingerprint density at radius 1 is 1.41 bits per heavy atom. The van der Waals surface area contributed by atoms with E-state index in [0.717, 1.165) is 12.8 Å². The summed E-state index contributed by atoms with van der Waals surface area (Å²) in [4.78, 5) is 0. The van der Waals surface area contributed by atoms with Crippen molar-refractivity contribution in [3.8, 4) is 0 Å². The third kappa shape index (κ3) is 5.34. The quantitative estimate of drug-likeness (QED) is 0.869. The van der Waals surface area contributed by atoms with Gasteiger partial charge in [0.2, 0.25) is 0 Å². The zero-order valence-electron chi connectivity index (χ0n) is 9.70. The number of hydrogen-bond acceptors (Lipinski definition) is 2. The molecule has 0 aromatic heterocycles. The van der Waals surface area contributed by atoms with E-state index in [4.69, 9.17) is 5.73 Å². The van der Waals surface area contributed by atoms with Crippen molar-refractivity contribution in [1.82, 2.24) is 0 Å². The van der Waals surface area contributed by atoms with Crippen molar-refractivity contribution in [2.45, 2.75) is 38.3 Å². The molecule has 0 aliphatic carbocycles. The number of unbranched alkanes of at least 4 members (excludes halogenated alkanes) is 1. The van der Waals surface area contributed by atoms with E-state index >= 15 is 0 Å². The standard InChI is InChI=1S/C12H17BrFNO.ClH/c1-2-3-4-11(16)12(15)8-5-9(13)7-10(14)6-8;/h5-7,11-12,16H,2-4,15H2,1H3;1H/t11-,12+;/m0./s1. The van der Waals surface area contributed by atoms with Gasteiger partial charge in [-0.1, -0.05) is 35.7 Å². The number of halogens is 3. The van der Waals surface area contributed by atoms with Gasteiger partial charge in [0.15, 0.2) is 0 Å². The van der Waals surface area contributed by atoms with Crippen LogP contribution in [0.5, 0.6) is 0 Å². The molecule has 0 aliphatic rings. The molecule has 0 aliphatic heterocycles. The van der Waals surface area contributed by atoms with E-state index in [-0.39, 0.29) is 18.2 Å². The van der Waals surface area contributed by atoms with Gasteiger partial charge in [-0.05, 0) is 30.2 Å². The molecule has 1 aromatic carbocycles. The van der Waals surface area contributed by atoms with Gasteiger partial charge < -0.3 is 10.8 Å². The Labute approximate surface area is 116 Å². The molecule has 0 heterocycles. The number of aliphatic hydroxyl groups excluding tert-OH is 1. The lowest BCUT2D eigenvalue weighted by atomic mass is 9.98. The largest absolute Gasteiger partial charge is 0.391 e. The van der Waals surface area contributed by atoms with Gasteiger partial charge >= 0.3 is 0 Å². The summed E-state index contributed by atoms with van der Waals surface area (Å²) < 4.78 is 13.8. The van der Waals surface area contributed by atoms with Crippen molar-refractivity contribution in [2.75, 3.05) is 0 Å². The lowest BCUT2D eigenvalue weighted by Gasteiger charge is -2.19. The molecule has 0 spiro atoms. The van der Waals surface area contributed by atoms with Gasteiger partial charge in [0.25, 0.3) is 0 Å². The molecular formula is C12H18BrClFNO. The van der Waals surface area contributed by atoms with Crippen LogP contribution in [0, 0.1) is 5.82 Å². The average molecular weight is 327 g/mol. The van der Waals surface area contributed by atoms with Gasteiger partial charge in [-0.2, -0.15) is 0 Å². The van der Waals surface area contributed by atoms with Crippen LogP contribution in [0.2, 0.25) is 0 Å². The highest BCUT2D eigenvalue weighted by molar-refractivity contribution is 9.10. The molecule has 2 atom stereocenters. The van der Waals surface area contributed by atoms with Crippen molar-refractivity contribution in [1.29, 1.82) is 0 Å². The lowest BCUT2D eigenvalue weighted by Crippen LogP contribution is -2.26. The molecule has 5 heteroatoms. The van der Waals surface area contributed by atoms with Crippen LogP contribution in [-0.2, 0) is 0 Å². The van der Waals surface area contributed by atoms with E-state index in [9.17, 15) is 9.50 Å². The summed E-state index contributed by atoms with van der Waals surface area (Å²) in [7, 11) is 0. The van der Waals surface area contributed by atoms with Crippen molar-refractivity contribution in [3.63, 3.8) is 0 Å². The van der Waals surface area contributed by atoms with E-state index in [1.54, 1.807) is 6.07 Å². The van der Waals surface area contributed by atoms with Gasteiger partial charge in [-0.15, -0.1) is 12.4 Å². The molecule has 0 fully saturated rings. The monoisotopic (exact) mass is 325 g/mol. The first-order chi connectivity index (χ1) is 7.54. The lowest BCUT2D eigenvalue weighted by molar-refractivity contribution is 0.132. The van der Waals surface area contributed by atoms with Crippen molar-refractivity contribution in [2.24, 2.45) is 5.73 Å². The summed E-state index contributed by atoms with van der Waals surface area (Å²) in [5.41, 5.74) is 6.50. The first kappa shape index (κ1) is 16.8. The minimum absolute atomic E-state index is 0. The summed E-state index contributed by atoms with van der Waals surface area (Å²) in [6.45, 7) is 2.05. The fourth-order valence-corrected chi connectivity index (χ4v) is 2.07. The number of aliphatic hydroxyl groups is 1. The molecule has 3 N–H and O–H groups in total. The van der Waals surface area contributed by atoms with Crippen molar-refractivity contribution in [3.05, 3.63) is 34.1 Å². The Hall–Kier alpha value is -0.160. The summed E-state index contributed by atoms with van der Waals surface area (Å²) >= 11 is 3.21. The van der Waals surface area contributed by atoms with E-state index in [2.05, 4.69) is 22.9 Å². The molecule has 0 unspecified atom stereocenters. The maximum atomic E-state index is 13.1. The van der Waals surface area contributed by atoms with Crippen LogP contribution in [0.25, 0.3) is 0 Å². The Balaban J connectivity index is 0.00000256. The molecule has 0 saturated heterocycles. The minimum Gasteiger partial charge on any atom is -0.391 e. The zero-order chi connectivity index (χ0) is 12.1. The van der Waals surface area contributed by atoms with Crippen LogP contribution < -0.4 is 5.73 Å². The molecule has 98 valence electrons. The Morgan fingerprint density at radius 2 is 2.06 bits per heavy atom. The highest BCUT2D eigenvalue weighted by Crippen LogP contribution is 2.23. The number of rotatable bonds is 5. The van der Waals surface area contributed by atoms with E-state index in [1.807, 2.05) is 0 Å². The third-order valence-corrected chi connectivity index (χ3v) is 3.00. The predicted octanol–water partition coefficient (Wildman–Crippen LogP) is 3.56. The minimum atomic E-state index is -0.617. The van der Waals surface area contributed by atoms with Gasteiger partial charge in [0.05, 0.1) is 12.1 Å². The Kier molecular flexibility index (Phi) is 7.96. The van der Waals surface area contributed by atoms with Crippen LogP contribution >= 0.6 is 28.3 Å². The second-order valence-electron chi connectivity index (χ2n) is 3.94. The number of hydrogen-bond donors (Lipinski definition) is 2. The molecule has 0 amide bonds. The third-order valence-electron chi connectivity index (χ3n) is 2.54. The summed E-state index contributed by atoms with van der Waals surface area (Å²) in [5, 5.41) is 9.82. The molecule has 1 rings (SSSR count). The molecular weight excluding hydrogens is 308 g/mol. The Morgan fingerprint density at radius 3 is 2.59 bits per heavy atom. The van der Waals surface area contributed by atoms with Gasteiger partial charge in [0.1, 0.15) is 5.82 Å².